The zero-order valence-electron chi connectivity index (χ0n) is 19.8. The molecule has 0 fully saturated rings. The van der Waals surface area contributed by atoms with E-state index in [1.807, 2.05) is 0 Å². The molecule has 3 rings (SSSR count). The fraction of sp³-hybridized carbons (Fsp3) is 0.250. The Kier molecular flexibility index (Phi) is 7.56. The lowest BCUT2D eigenvalue weighted by Gasteiger charge is -2.19. The fourth-order valence-electron chi connectivity index (χ4n) is 3.59. The van der Waals surface area contributed by atoms with E-state index in [4.69, 9.17) is 11.6 Å². The summed E-state index contributed by atoms with van der Waals surface area (Å²) in [6.45, 7) is 1.47. The van der Waals surface area contributed by atoms with Crippen LogP contribution in [0.1, 0.15) is 27.3 Å². The van der Waals surface area contributed by atoms with Gasteiger partial charge in [0, 0.05) is 42.4 Å². The van der Waals surface area contributed by atoms with Crippen molar-refractivity contribution in [1.82, 2.24) is 9.47 Å². The minimum Gasteiger partial charge on any atom is -0.348 e. The largest absolute Gasteiger partial charge is 0.418 e. The number of carbonyl (C=O) groups excluding carboxylic acids is 2. The van der Waals surface area contributed by atoms with Crippen LogP contribution in [0.2, 0.25) is 5.02 Å². The Labute approximate surface area is 211 Å². The van der Waals surface area contributed by atoms with Crippen molar-refractivity contribution in [2.45, 2.75) is 24.4 Å². The Balaban J connectivity index is 2.11. The third-order valence-corrected chi connectivity index (χ3v) is 6.81. The summed E-state index contributed by atoms with van der Waals surface area (Å²) in [5, 5.41) is 2.50. The molecule has 1 aromatic heterocycles. The second-order valence-corrected chi connectivity index (χ2v) is 10.8. The molecule has 1 heterocycles. The molecule has 0 aliphatic heterocycles. The topological polar surface area (TPSA) is 88.5 Å². The van der Waals surface area contributed by atoms with Crippen LogP contribution in [-0.2, 0) is 27.2 Å². The van der Waals surface area contributed by atoms with Crippen LogP contribution in [0.3, 0.4) is 0 Å². The number of nitrogens with zero attached hydrogens (tertiary/aromatic N) is 2. The van der Waals surface area contributed by atoms with Crippen LogP contribution < -0.4 is 5.32 Å². The molecule has 3 aromatic rings. The minimum absolute atomic E-state index is 0.0480. The zero-order chi connectivity index (χ0) is 27.0. The molecule has 0 bridgehead atoms. The Morgan fingerprint density at radius 2 is 1.67 bits per heavy atom. The van der Waals surface area contributed by atoms with Crippen molar-refractivity contribution in [3.8, 4) is 5.69 Å². The Hall–Kier alpha value is -3.31. The first-order chi connectivity index (χ1) is 16.6. The van der Waals surface area contributed by atoms with Gasteiger partial charge in [0.2, 0.25) is 5.91 Å². The molecule has 0 spiro atoms. The van der Waals surface area contributed by atoms with Gasteiger partial charge in [0.05, 0.1) is 28.1 Å². The number of carbonyl (C=O) groups is 2. The molecular weight excluding hydrogens is 519 g/mol. The van der Waals surface area contributed by atoms with Crippen molar-refractivity contribution in [2.75, 3.05) is 25.7 Å². The number of sulfone groups is 1. The number of alkyl halides is 3. The number of benzene rings is 2. The minimum atomic E-state index is -4.75. The van der Waals surface area contributed by atoms with E-state index in [0.29, 0.717) is 0 Å². The zero-order valence-corrected chi connectivity index (χ0v) is 21.3. The standard InChI is InChI=1S/C24H23ClF3N3O4S/c1-14-19(23(33)29-16-6-8-18(9-7-16)36(4,34)35)12-17(13-22(32)30(2)3)31(14)21-10-5-15(25)11-20(21)24(26,27)28/h5-12H,13H2,1-4H3,(H,29,33). The van der Waals surface area contributed by atoms with Crippen molar-refractivity contribution < 1.29 is 31.2 Å². The molecule has 7 nitrogen and oxygen atoms in total. The van der Waals surface area contributed by atoms with Crippen LogP contribution in [0.25, 0.3) is 5.69 Å². The van der Waals surface area contributed by atoms with E-state index in [2.05, 4.69) is 5.32 Å². The van der Waals surface area contributed by atoms with Gasteiger partial charge in [-0.2, -0.15) is 13.2 Å². The maximum absolute atomic E-state index is 13.9. The summed E-state index contributed by atoms with van der Waals surface area (Å²) in [6, 6.07) is 10.1. The second kappa shape index (κ2) is 9.98. The Morgan fingerprint density at radius 3 is 2.19 bits per heavy atom. The van der Waals surface area contributed by atoms with E-state index >= 15 is 0 Å². The molecule has 2 aromatic carbocycles. The predicted molar refractivity (Wildman–Crippen MR) is 130 cm³/mol. The number of hydrogen-bond donors (Lipinski definition) is 1. The van der Waals surface area contributed by atoms with Crippen molar-refractivity contribution in [3.63, 3.8) is 0 Å². The van der Waals surface area contributed by atoms with Gasteiger partial charge < -0.3 is 14.8 Å². The first-order valence-corrected chi connectivity index (χ1v) is 12.8. The Bertz CT molecular complexity index is 1430. The van der Waals surface area contributed by atoms with Crippen molar-refractivity contribution >= 4 is 38.9 Å². The van der Waals surface area contributed by atoms with Crippen LogP contribution in [0, 0.1) is 6.92 Å². The van der Waals surface area contributed by atoms with Crippen LogP contribution in [0.5, 0.6) is 0 Å². The predicted octanol–water partition coefficient (Wildman–Crippen LogP) is 4.74. The van der Waals surface area contributed by atoms with Gasteiger partial charge >= 0.3 is 6.18 Å². The molecule has 0 aliphatic carbocycles. The molecule has 2 amide bonds. The summed E-state index contributed by atoms with van der Waals surface area (Å²) in [4.78, 5) is 26.9. The van der Waals surface area contributed by atoms with E-state index in [9.17, 15) is 31.2 Å². The molecule has 0 atom stereocenters. The lowest BCUT2D eigenvalue weighted by molar-refractivity contribution is -0.137. The average Bonchev–Trinajstić information content (AvgIpc) is 3.08. The van der Waals surface area contributed by atoms with E-state index in [0.717, 1.165) is 12.3 Å². The molecule has 0 saturated heterocycles. The highest BCUT2D eigenvalue weighted by Gasteiger charge is 2.35. The van der Waals surface area contributed by atoms with Crippen molar-refractivity contribution in [1.29, 1.82) is 0 Å². The van der Waals surface area contributed by atoms with E-state index in [1.54, 1.807) is 0 Å². The van der Waals surface area contributed by atoms with Crippen molar-refractivity contribution in [3.05, 3.63) is 76.1 Å². The molecule has 36 heavy (non-hydrogen) atoms. The Morgan fingerprint density at radius 1 is 1.06 bits per heavy atom. The summed E-state index contributed by atoms with van der Waals surface area (Å²) >= 11 is 5.83. The number of hydrogen-bond acceptors (Lipinski definition) is 4. The van der Waals surface area contributed by atoms with Gasteiger partial charge in [0.15, 0.2) is 9.84 Å². The van der Waals surface area contributed by atoms with Crippen LogP contribution in [0.4, 0.5) is 18.9 Å². The number of aromatic nitrogens is 1. The number of halogens is 4. The van der Waals surface area contributed by atoms with Gasteiger partial charge in [-0.05, 0) is 55.5 Å². The summed E-state index contributed by atoms with van der Waals surface area (Å²) in [6.07, 6.45) is -3.96. The highest BCUT2D eigenvalue weighted by Crippen LogP contribution is 2.37. The first kappa shape index (κ1) is 27.3. The molecule has 1 N–H and O–H groups in total. The lowest BCUT2D eigenvalue weighted by atomic mass is 10.1. The third-order valence-electron chi connectivity index (χ3n) is 5.44. The smallest absolute Gasteiger partial charge is 0.348 e. The van der Waals surface area contributed by atoms with Gasteiger partial charge in [-0.15, -0.1) is 0 Å². The van der Waals surface area contributed by atoms with E-state index < -0.39 is 27.5 Å². The highest BCUT2D eigenvalue weighted by molar-refractivity contribution is 7.90. The van der Waals surface area contributed by atoms with E-state index in [1.165, 1.54) is 73.0 Å². The maximum Gasteiger partial charge on any atom is 0.418 e. The molecular formula is C24H23ClF3N3O4S. The van der Waals surface area contributed by atoms with Gasteiger partial charge in [0.1, 0.15) is 0 Å². The highest BCUT2D eigenvalue weighted by atomic mass is 35.5. The van der Waals surface area contributed by atoms with Gasteiger partial charge in [-0.25, -0.2) is 8.42 Å². The normalized spacial score (nSPS) is 11.9. The number of anilines is 1. The van der Waals surface area contributed by atoms with Crippen molar-refractivity contribution in [2.24, 2.45) is 0 Å². The summed E-state index contributed by atoms with van der Waals surface area (Å²) in [7, 11) is -0.404. The van der Waals surface area contributed by atoms with Crippen LogP contribution >= 0.6 is 11.6 Å². The molecule has 0 radical (unpaired) electrons. The lowest BCUT2D eigenvalue weighted by Crippen LogP contribution is -2.25. The second-order valence-electron chi connectivity index (χ2n) is 8.35. The van der Waals surface area contributed by atoms with Crippen LogP contribution in [0.15, 0.2) is 53.4 Å². The SMILES string of the molecule is Cc1c(C(=O)Nc2ccc(S(C)(=O)=O)cc2)cc(CC(=O)N(C)C)n1-c1ccc(Cl)cc1C(F)(F)F. The quantitative estimate of drug-likeness (QED) is 0.488. The van der Waals surface area contributed by atoms with E-state index in [-0.39, 0.29) is 50.6 Å². The third kappa shape index (κ3) is 5.90. The molecule has 192 valence electrons. The number of likely N-dealkylation sites (N-methyl/N-ethyl adjacent to an activating group) is 1. The maximum atomic E-state index is 13.9. The summed E-state index contributed by atoms with van der Waals surface area (Å²) in [5.74, 6) is -1.01. The summed E-state index contributed by atoms with van der Waals surface area (Å²) in [5.41, 5.74) is -0.607. The number of rotatable bonds is 6. The molecule has 0 aliphatic rings. The monoisotopic (exact) mass is 541 g/mol. The number of amides is 2. The van der Waals surface area contributed by atoms with Crippen LogP contribution in [-0.4, -0.2) is 50.1 Å². The fourth-order valence-corrected chi connectivity index (χ4v) is 4.40. The van der Waals surface area contributed by atoms with Gasteiger partial charge in [-0.1, -0.05) is 11.6 Å². The molecule has 0 unspecified atom stereocenters. The average molecular weight is 542 g/mol. The molecule has 12 heteroatoms. The first-order valence-electron chi connectivity index (χ1n) is 10.5. The summed E-state index contributed by atoms with van der Waals surface area (Å²) < 4.78 is 66.1. The number of nitrogens with one attached hydrogen (secondary N) is 1. The van der Waals surface area contributed by atoms with Gasteiger partial charge in [-0.3, -0.25) is 9.59 Å². The molecule has 0 saturated carbocycles. The van der Waals surface area contributed by atoms with Gasteiger partial charge in [0.25, 0.3) is 5.91 Å².